The lowest BCUT2D eigenvalue weighted by molar-refractivity contribution is -0.147. The van der Waals surface area contributed by atoms with Crippen molar-refractivity contribution in [3.63, 3.8) is 0 Å². The number of piperidine rings is 1. The molecule has 0 saturated carbocycles. The molecule has 2 aliphatic heterocycles. The molecule has 26 heavy (non-hydrogen) atoms. The van der Waals surface area contributed by atoms with E-state index in [1.54, 1.807) is 18.2 Å². The standard InChI is InChI=1S/C17H22FN3O4S/c18-14-4-1-2-5-15(14)19-8-10-20(11-9-19)26(24,25)13-12-21-16(22)6-3-7-17(21)23/h1-2,4-5H,3,6-13H2. The van der Waals surface area contributed by atoms with E-state index in [4.69, 9.17) is 0 Å². The van der Waals surface area contributed by atoms with Crippen molar-refractivity contribution in [3.05, 3.63) is 30.1 Å². The van der Waals surface area contributed by atoms with E-state index in [1.807, 2.05) is 4.90 Å². The quantitative estimate of drug-likeness (QED) is 0.704. The summed E-state index contributed by atoms with van der Waals surface area (Å²) in [6.45, 7) is 1.17. The minimum Gasteiger partial charge on any atom is -0.367 e. The van der Waals surface area contributed by atoms with Crippen molar-refractivity contribution in [2.45, 2.75) is 19.3 Å². The van der Waals surface area contributed by atoms with E-state index in [2.05, 4.69) is 0 Å². The van der Waals surface area contributed by atoms with E-state index in [1.165, 1.54) is 10.4 Å². The van der Waals surface area contributed by atoms with E-state index < -0.39 is 10.0 Å². The SMILES string of the molecule is O=C1CCCC(=O)N1CCS(=O)(=O)N1CCN(c2ccccc2F)CC1. The second-order valence-electron chi connectivity index (χ2n) is 6.45. The fourth-order valence-electron chi connectivity index (χ4n) is 3.30. The molecule has 142 valence electrons. The molecule has 1 aromatic carbocycles. The van der Waals surface area contributed by atoms with Crippen molar-refractivity contribution in [2.24, 2.45) is 0 Å². The van der Waals surface area contributed by atoms with Crippen LogP contribution in [-0.2, 0) is 19.6 Å². The van der Waals surface area contributed by atoms with Crippen LogP contribution in [0.25, 0.3) is 0 Å². The number of halogens is 1. The number of rotatable bonds is 5. The van der Waals surface area contributed by atoms with E-state index in [0.29, 0.717) is 25.2 Å². The maximum Gasteiger partial charge on any atom is 0.229 e. The van der Waals surface area contributed by atoms with E-state index >= 15 is 0 Å². The highest BCUT2D eigenvalue weighted by Gasteiger charge is 2.31. The van der Waals surface area contributed by atoms with Crippen LogP contribution < -0.4 is 4.90 Å². The molecule has 3 rings (SSSR count). The minimum atomic E-state index is -3.58. The van der Waals surface area contributed by atoms with Gasteiger partial charge in [-0.2, -0.15) is 4.31 Å². The summed E-state index contributed by atoms with van der Waals surface area (Å²) < 4.78 is 40.3. The summed E-state index contributed by atoms with van der Waals surface area (Å²) in [6.07, 6.45) is 1.10. The first-order valence-corrected chi connectivity index (χ1v) is 10.3. The van der Waals surface area contributed by atoms with Crippen LogP contribution in [-0.4, -0.2) is 67.9 Å². The number of imide groups is 1. The zero-order valence-corrected chi connectivity index (χ0v) is 15.3. The van der Waals surface area contributed by atoms with Crippen molar-refractivity contribution in [1.82, 2.24) is 9.21 Å². The number of likely N-dealkylation sites (tertiary alicyclic amines) is 1. The van der Waals surface area contributed by atoms with Crippen LogP contribution >= 0.6 is 0 Å². The highest BCUT2D eigenvalue weighted by Crippen LogP contribution is 2.21. The Morgan fingerprint density at radius 2 is 1.58 bits per heavy atom. The average molecular weight is 383 g/mol. The number of hydrogen-bond donors (Lipinski definition) is 0. The van der Waals surface area contributed by atoms with Crippen LogP contribution in [0.2, 0.25) is 0 Å². The van der Waals surface area contributed by atoms with E-state index in [9.17, 15) is 22.4 Å². The lowest BCUT2D eigenvalue weighted by Gasteiger charge is -2.36. The molecule has 0 spiro atoms. The van der Waals surface area contributed by atoms with E-state index in [-0.39, 0.29) is 55.9 Å². The maximum absolute atomic E-state index is 13.9. The largest absolute Gasteiger partial charge is 0.367 e. The van der Waals surface area contributed by atoms with Gasteiger partial charge in [0.15, 0.2) is 0 Å². The number of carbonyl (C=O) groups excluding carboxylic acids is 2. The summed E-state index contributed by atoms with van der Waals surface area (Å²) in [5.74, 6) is -1.21. The molecule has 7 nitrogen and oxygen atoms in total. The summed E-state index contributed by atoms with van der Waals surface area (Å²) >= 11 is 0. The molecule has 0 unspecified atom stereocenters. The van der Waals surface area contributed by atoms with Gasteiger partial charge in [-0.15, -0.1) is 0 Å². The second kappa shape index (κ2) is 7.71. The average Bonchev–Trinajstić information content (AvgIpc) is 2.62. The maximum atomic E-state index is 13.9. The van der Waals surface area contributed by atoms with Crippen molar-refractivity contribution in [1.29, 1.82) is 0 Å². The van der Waals surface area contributed by atoms with Gasteiger partial charge in [0.1, 0.15) is 5.82 Å². The summed E-state index contributed by atoms with van der Waals surface area (Å²) in [4.78, 5) is 26.4. The smallest absolute Gasteiger partial charge is 0.229 e. The number of sulfonamides is 1. The Kier molecular flexibility index (Phi) is 5.57. The number of piperazine rings is 1. The van der Waals surface area contributed by atoms with Crippen molar-refractivity contribution in [2.75, 3.05) is 43.4 Å². The zero-order chi connectivity index (χ0) is 18.7. The highest BCUT2D eigenvalue weighted by atomic mass is 32.2. The minimum absolute atomic E-state index is 0.104. The summed E-state index contributed by atoms with van der Waals surface area (Å²) in [6, 6.07) is 6.41. The fourth-order valence-corrected chi connectivity index (χ4v) is 4.69. The number of hydrogen-bond acceptors (Lipinski definition) is 5. The number of carbonyl (C=O) groups is 2. The Morgan fingerprint density at radius 3 is 2.19 bits per heavy atom. The molecule has 2 aliphatic rings. The van der Waals surface area contributed by atoms with Crippen LogP contribution in [0, 0.1) is 5.82 Å². The number of amides is 2. The number of para-hydroxylation sites is 1. The predicted molar refractivity (Wildman–Crippen MR) is 94.5 cm³/mol. The Morgan fingerprint density at radius 1 is 0.962 bits per heavy atom. The Hall–Kier alpha value is -2.00. The Balaban J connectivity index is 1.57. The Labute approximate surface area is 152 Å². The molecule has 2 fully saturated rings. The third-order valence-corrected chi connectivity index (χ3v) is 6.63. The molecule has 0 radical (unpaired) electrons. The van der Waals surface area contributed by atoms with Crippen molar-refractivity contribution < 1.29 is 22.4 Å². The molecule has 0 bridgehead atoms. The molecule has 9 heteroatoms. The fraction of sp³-hybridized carbons (Fsp3) is 0.529. The van der Waals surface area contributed by atoms with Gasteiger partial charge in [-0.1, -0.05) is 12.1 Å². The second-order valence-corrected chi connectivity index (χ2v) is 8.53. The van der Waals surface area contributed by atoms with Gasteiger partial charge in [-0.3, -0.25) is 14.5 Å². The van der Waals surface area contributed by atoms with Crippen LogP contribution in [0.4, 0.5) is 10.1 Å². The molecule has 0 aliphatic carbocycles. The molecular weight excluding hydrogens is 361 g/mol. The lowest BCUT2D eigenvalue weighted by Crippen LogP contribution is -2.51. The van der Waals surface area contributed by atoms with E-state index in [0.717, 1.165) is 4.90 Å². The number of benzene rings is 1. The predicted octanol–water partition coefficient (Wildman–Crippen LogP) is 0.817. The third-order valence-electron chi connectivity index (χ3n) is 4.78. The zero-order valence-electron chi connectivity index (χ0n) is 14.4. The normalized spacial score (nSPS) is 19.9. The monoisotopic (exact) mass is 383 g/mol. The first-order valence-electron chi connectivity index (χ1n) is 8.69. The summed E-state index contributed by atoms with van der Waals surface area (Å²) in [5.41, 5.74) is 0.467. The van der Waals surface area contributed by atoms with Crippen LogP contribution in [0.5, 0.6) is 0 Å². The molecule has 1 aromatic rings. The van der Waals surface area contributed by atoms with Crippen molar-refractivity contribution in [3.8, 4) is 0 Å². The van der Waals surface area contributed by atoms with Crippen LogP contribution in [0.1, 0.15) is 19.3 Å². The van der Waals surface area contributed by atoms with Gasteiger partial charge in [0.25, 0.3) is 0 Å². The van der Waals surface area contributed by atoms with Crippen LogP contribution in [0.15, 0.2) is 24.3 Å². The van der Waals surface area contributed by atoms with Gasteiger partial charge in [0, 0.05) is 45.6 Å². The van der Waals surface area contributed by atoms with Crippen molar-refractivity contribution >= 4 is 27.5 Å². The Bertz CT molecular complexity index is 775. The lowest BCUT2D eigenvalue weighted by atomic mass is 10.1. The summed E-state index contributed by atoms with van der Waals surface area (Å²) in [7, 11) is -3.58. The molecular formula is C17H22FN3O4S. The first kappa shape index (κ1) is 18.8. The van der Waals surface area contributed by atoms with Gasteiger partial charge in [-0.25, -0.2) is 12.8 Å². The summed E-state index contributed by atoms with van der Waals surface area (Å²) in [5, 5.41) is 0. The number of anilines is 1. The molecule has 2 heterocycles. The number of nitrogens with zero attached hydrogens (tertiary/aromatic N) is 3. The van der Waals surface area contributed by atoms with Gasteiger partial charge < -0.3 is 4.90 Å². The third kappa shape index (κ3) is 4.04. The highest BCUT2D eigenvalue weighted by molar-refractivity contribution is 7.89. The first-order chi connectivity index (χ1) is 12.4. The molecule has 0 aromatic heterocycles. The van der Waals surface area contributed by atoms with Gasteiger partial charge in [0.05, 0.1) is 11.4 Å². The molecule has 2 saturated heterocycles. The van der Waals surface area contributed by atoms with Gasteiger partial charge in [-0.05, 0) is 18.6 Å². The molecule has 2 amide bonds. The molecule has 0 N–H and O–H groups in total. The van der Waals surface area contributed by atoms with Gasteiger partial charge >= 0.3 is 0 Å². The molecule has 0 atom stereocenters. The van der Waals surface area contributed by atoms with Gasteiger partial charge in [0.2, 0.25) is 21.8 Å². The van der Waals surface area contributed by atoms with Crippen LogP contribution in [0.3, 0.4) is 0 Å². The topological polar surface area (TPSA) is 78.0 Å².